The summed E-state index contributed by atoms with van der Waals surface area (Å²) in [5.41, 5.74) is 4.57. The molecule has 2 amide bonds. The lowest BCUT2D eigenvalue weighted by Crippen LogP contribution is -2.49. The summed E-state index contributed by atoms with van der Waals surface area (Å²) >= 11 is 0. The molecule has 3 aromatic rings. The number of hydrogen-bond donors (Lipinski definition) is 1. The Kier molecular flexibility index (Phi) is 10.1. The van der Waals surface area contributed by atoms with Crippen LogP contribution in [0.1, 0.15) is 35.1 Å². The third kappa shape index (κ3) is 8.18. The molecular formula is C30H37N3O4S. The molecule has 7 nitrogen and oxygen atoms in total. The van der Waals surface area contributed by atoms with Gasteiger partial charge in [-0.1, -0.05) is 77.9 Å². The van der Waals surface area contributed by atoms with Crippen LogP contribution in [0, 0.1) is 13.8 Å². The second-order valence-corrected chi connectivity index (χ2v) is 11.5. The highest BCUT2D eigenvalue weighted by Gasteiger charge is 2.30. The smallest absolute Gasteiger partial charge is 0.242 e. The molecule has 0 spiro atoms. The zero-order chi connectivity index (χ0) is 27.7. The monoisotopic (exact) mass is 535 g/mol. The van der Waals surface area contributed by atoms with Crippen molar-refractivity contribution in [1.82, 2.24) is 10.2 Å². The van der Waals surface area contributed by atoms with Crippen LogP contribution in [0.3, 0.4) is 0 Å². The molecule has 1 N–H and O–H groups in total. The van der Waals surface area contributed by atoms with E-state index in [9.17, 15) is 18.0 Å². The highest BCUT2D eigenvalue weighted by molar-refractivity contribution is 7.92. The predicted molar refractivity (Wildman–Crippen MR) is 152 cm³/mol. The number of aryl methyl sites for hydroxylation is 2. The molecule has 3 aromatic carbocycles. The van der Waals surface area contributed by atoms with Crippen molar-refractivity contribution in [1.29, 1.82) is 0 Å². The summed E-state index contributed by atoms with van der Waals surface area (Å²) in [6.07, 6.45) is 1.96. The van der Waals surface area contributed by atoms with Crippen molar-refractivity contribution in [3.63, 3.8) is 0 Å². The van der Waals surface area contributed by atoms with Crippen molar-refractivity contribution >= 4 is 27.5 Å². The van der Waals surface area contributed by atoms with Crippen LogP contribution in [-0.4, -0.2) is 51.0 Å². The Labute approximate surface area is 226 Å². The fourth-order valence-electron chi connectivity index (χ4n) is 4.33. The Bertz CT molecular complexity index is 1310. The van der Waals surface area contributed by atoms with Gasteiger partial charge in [-0.15, -0.1) is 0 Å². The van der Waals surface area contributed by atoms with Crippen LogP contribution in [0.15, 0.2) is 78.9 Å². The normalized spacial score (nSPS) is 12.0. The van der Waals surface area contributed by atoms with E-state index in [0.29, 0.717) is 18.5 Å². The molecule has 0 fully saturated rings. The van der Waals surface area contributed by atoms with Crippen LogP contribution in [0.5, 0.6) is 0 Å². The van der Waals surface area contributed by atoms with Crippen molar-refractivity contribution in [3.05, 3.63) is 101 Å². The van der Waals surface area contributed by atoms with Crippen LogP contribution < -0.4 is 9.62 Å². The van der Waals surface area contributed by atoms with Gasteiger partial charge in [0.2, 0.25) is 21.8 Å². The minimum Gasteiger partial charge on any atom is -0.357 e. The summed E-state index contributed by atoms with van der Waals surface area (Å²) in [4.78, 5) is 28.3. The molecule has 0 bridgehead atoms. The van der Waals surface area contributed by atoms with Gasteiger partial charge in [0.05, 0.1) is 11.9 Å². The van der Waals surface area contributed by atoms with E-state index >= 15 is 0 Å². The molecule has 0 saturated heterocycles. The van der Waals surface area contributed by atoms with Crippen LogP contribution in [0.2, 0.25) is 0 Å². The SMILES string of the molecule is CNC(=O)[C@@H](Cc1ccccc1)N(Cc1ccc(C)cc1)C(=O)CCCN(c1ccc(C)cc1)S(C)(=O)=O. The van der Waals surface area contributed by atoms with Gasteiger partial charge in [0.15, 0.2) is 0 Å². The number of rotatable bonds is 12. The average Bonchev–Trinajstić information content (AvgIpc) is 2.89. The van der Waals surface area contributed by atoms with E-state index < -0.39 is 16.1 Å². The Morgan fingerprint density at radius 2 is 1.42 bits per heavy atom. The maximum Gasteiger partial charge on any atom is 0.242 e. The highest BCUT2D eigenvalue weighted by atomic mass is 32.2. The van der Waals surface area contributed by atoms with Crippen LogP contribution >= 0.6 is 0 Å². The number of nitrogens with zero attached hydrogens (tertiary/aromatic N) is 2. The highest BCUT2D eigenvalue weighted by Crippen LogP contribution is 2.21. The van der Waals surface area contributed by atoms with Gasteiger partial charge in [-0.2, -0.15) is 0 Å². The van der Waals surface area contributed by atoms with Crippen molar-refractivity contribution in [2.45, 2.75) is 45.7 Å². The van der Waals surface area contributed by atoms with Crippen LogP contribution in [-0.2, 0) is 32.6 Å². The van der Waals surface area contributed by atoms with E-state index in [1.54, 1.807) is 24.1 Å². The fraction of sp³-hybridized carbons (Fsp3) is 0.333. The van der Waals surface area contributed by atoms with Gasteiger partial charge in [0.25, 0.3) is 0 Å². The van der Waals surface area contributed by atoms with Crippen molar-refractivity contribution in [3.8, 4) is 0 Å². The molecular weight excluding hydrogens is 498 g/mol. The molecule has 0 unspecified atom stereocenters. The summed E-state index contributed by atoms with van der Waals surface area (Å²) < 4.78 is 26.3. The zero-order valence-corrected chi connectivity index (χ0v) is 23.4. The van der Waals surface area contributed by atoms with E-state index in [2.05, 4.69) is 5.32 Å². The van der Waals surface area contributed by atoms with E-state index in [1.807, 2.05) is 80.6 Å². The maximum absolute atomic E-state index is 13.7. The molecule has 8 heteroatoms. The minimum absolute atomic E-state index is 0.103. The molecule has 0 aliphatic heterocycles. The first kappa shape index (κ1) is 28.9. The summed E-state index contributed by atoms with van der Waals surface area (Å²) in [6.45, 7) is 4.37. The molecule has 38 heavy (non-hydrogen) atoms. The zero-order valence-electron chi connectivity index (χ0n) is 22.6. The average molecular weight is 536 g/mol. The predicted octanol–water partition coefficient (Wildman–Crippen LogP) is 4.24. The molecule has 1 atom stereocenters. The lowest BCUT2D eigenvalue weighted by molar-refractivity contribution is -0.141. The molecule has 0 radical (unpaired) electrons. The van der Waals surface area contributed by atoms with E-state index in [1.165, 1.54) is 10.6 Å². The first-order valence-corrected chi connectivity index (χ1v) is 14.6. The topological polar surface area (TPSA) is 86.8 Å². The van der Waals surface area contributed by atoms with Gasteiger partial charge in [0.1, 0.15) is 6.04 Å². The van der Waals surface area contributed by atoms with Crippen molar-refractivity contribution in [2.24, 2.45) is 0 Å². The molecule has 0 aliphatic carbocycles. The molecule has 0 aliphatic rings. The standard InChI is InChI=1S/C30H37N3O4S/c1-23-12-16-26(17-13-23)22-32(28(30(35)31-3)21-25-9-6-5-7-10-25)29(34)11-8-20-33(38(4,36)37)27-18-14-24(2)15-19-27/h5-7,9-10,12-19,28H,8,11,20-22H2,1-4H3,(H,31,35)/t28-/m1/s1. The van der Waals surface area contributed by atoms with Crippen molar-refractivity contribution < 1.29 is 18.0 Å². The number of carbonyl (C=O) groups is 2. The molecule has 0 saturated carbocycles. The number of amides is 2. The summed E-state index contributed by atoms with van der Waals surface area (Å²) in [6, 6.07) is 24.0. The Hall–Kier alpha value is -3.65. The van der Waals surface area contributed by atoms with Crippen LogP contribution in [0.25, 0.3) is 0 Å². The van der Waals surface area contributed by atoms with E-state index in [0.717, 1.165) is 22.3 Å². The summed E-state index contributed by atoms with van der Waals surface area (Å²) in [5, 5.41) is 2.72. The molecule has 202 valence electrons. The van der Waals surface area contributed by atoms with E-state index in [4.69, 9.17) is 0 Å². The van der Waals surface area contributed by atoms with Gasteiger partial charge in [0, 0.05) is 33.0 Å². The van der Waals surface area contributed by atoms with Gasteiger partial charge in [-0.05, 0) is 43.5 Å². The second kappa shape index (κ2) is 13.2. The number of hydrogen-bond acceptors (Lipinski definition) is 4. The number of benzene rings is 3. The Morgan fingerprint density at radius 1 is 0.842 bits per heavy atom. The number of anilines is 1. The third-order valence-corrected chi connectivity index (χ3v) is 7.66. The number of nitrogens with one attached hydrogen (secondary N) is 1. The first-order valence-electron chi connectivity index (χ1n) is 12.7. The van der Waals surface area contributed by atoms with Gasteiger partial charge < -0.3 is 10.2 Å². The summed E-state index contributed by atoms with van der Waals surface area (Å²) in [7, 11) is -1.96. The molecule has 3 rings (SSSR count). The summed E-state index contributed by atoms with van der Waals surface area (Å²) in [5.74, 6) is -0.445. The lowest BCUT2D eigenvalue weighted by atomic mass is 10.0. The van der Waals surface area contributed by atoms with Gasteiger partial charge in [-0.3, -0.25) is 13.9 Å². The van der Waals surface area contributed by atoms with Gasteiger partial charge >= 0.3 is 0 Å². The Morgan fingerprint density at radius 3 is 1.97 bits per heavy atom. The quantitative estimate of drug-likeness (QED) is 0.376. The lowest BCUT2D eigenvalue weighted by Gasteiger charge is -2.31. The second-order valence-electron chi connectivity index (χ2n) is 9.60. The largest absolute Gasteiger partial charge is 0.357 e. The number of carbonyl (C=O) groups excluding carboxylic acids is 2. The molecule has 0 heterocycles. The first-order chi connectivity index (χ1) is 18.1. The van der Waals surface area contributed by atoms with Crippen molar-refractivity contribution in [2.75, 3.05) is 24.2 Å². The number of sulfonamides is 1. The van der Waals surface area contributed by atoms with Gasteiger partial charge in [-0.25, -0.2) is 8.42 Å². The third-order valence-electron chi connectivity index (χ3n) is 6.47. The minimum atomic E-state index is -3.53. The number of likely N-dealkylation sites (N-methyl/N-ethyl adjacent to an activating group) is 1. The fourth-order valence-corrected chi connectivity index (χ4v) is 5.29. The Balaban J connectivity index is 1.83. The molecule has 0 aromatic heterocycles. The maximum atomic E-state index is 13.7. The van der Waals surface area contributed by atoms with Crippen LogP contribution in [0.4, 0.5) is 5.69 Å². The van der Waals surface area contributed by atoms with E-state index in [-0.39, 0.29) is 31.3 Å².